The maximum atomic E-state index is 13.5. The number of aromatic nitrogens is 2. The molecule has 196 valence electrons. The molecule has 3 aromatic carbocycles. The van der Waals surface area contributed by atoms with E-state index in [0.717, 1.165) is 76.2 Å². The Kier molecular flexibility index (Phi) is 6.88. The molecule has 38 heavy (non-hydrogen) atoms. The predicted octanol–water partition coefficient (Wildman–Crippen LogP) is 6.22. The van der Waals surface area contributed by atoms with E-state index in [0.29, 0.717) is 19.6 Å². The highest BCUT2D eigenvalue weighted by molar-refractivity contribution is 5.56. The van der Waals surface area contributed by atoms with Crippen LogP contribution in [0.2, 0.25) is 0 Å². The lowest BCUT2D eigenvalue weighted by Gasteiger charge is -2.23. The molecule has 0 saturated heterocycles. The smallest absolute Gasteiger partial charge is 0.231 e. The minimum absolute atomic E-state index is 0.251. The first-order valence-corrected chi connectivity index (χ1v) is 13.0. The van der Waals surface area contributed by atoms with Crippen LogP contribution < -0.4 is 18.9 Å². The SMILES string of the molecule is CCCCc1nc(-c2ccc(F)cc2)[nH]c1CN(Cc1ccc2c(c1)OCO2)Cc1ccc2c(c1)OCO2. The molecule has 0 bridgehead atoms. The van der Waals surface area contributed by atoms with Gasteiger partial charge < -0.3 is 23.9 Å². The maximum Gasteiger partial charge on any atom is 0.231 e. The van der Waals surface area contributed by atoms with Crippen LogP contribution in [0.3, 0.4) is 0 Å². The van der Waals surface area contributed by atoms with Crippen molar-refractivity contribution in [2.45, 2.75) is 45.8 Å². The van der Waals surface area contributed by atoms with Crippen LogP contribution in [-0.4, -0.2) is 28.5 Å². The van der Waals surface area contributed by atoms with Gasteiger partial charge in [0.25, 0.3) is 0 Å². The van der Waals surface area contributed by atoms with Crippen LogP contribution in [-0.2, 0) is 26.1 Å². The van der Waals surface area contributed by atoms with Crippen LogP contribution in [0.15, 0.2) is 60.7 Å². The van der Waals surface area contributed by atoms with E-state index < -0.39 is 0 Å². The van der Waals surface area contributed by atoms with Gasteiger partial charge in [0.1, 0.15) is 11.6 Å². The molecular weight excluding hydrogens is 485 g/mol. The third kappa shape index (κ3) is 5.31. The summed E-state index contributed by atoms with van der Waals surface area (Å²) in [5.41, 5.74) is 5.24. The number of halogens is 1. The Morgan fingerprint density at radius 3 is 2.00 bits per heavy atom. The summed E-state index contributed by atoms with van der Waals surface area (Å²) in [7, 11) is 0. The number of imidazole rings is 1. The van der Waals surface area contributed by atoms with Crippen molar-refractivity contribution in [3.05, 3.63) is 89.0 Å². The highest BCUT2D eigenvalue weighted by atomic mass is 19.1. The first kappa shape index (κ1) is 24.3. The van der Waals surface area contributed by atoms with Gasteiger partial charge in [-0.05, 0) is 72.5 Å². The van der Waals surface area contributed by atoms with Crippen molar-refractivity contribution in [3.63, 3.8) is 0 Å². The van der Waals surface area contributed by atoms with Crippen molar-refractivity contribution >= 4 is 0 Å². The fraction of sp³-hybridized carbons (Fsp3) is 0.300. The molecule has 0 saturated carbocycles. The van der Waals surface area contributed by atoms with Gasteiger partial charge in [0, 0.05) is 25.2 Å². The number of aromatic amines is 1. The van der Waals surface area contributed by atoms with E-state index in [4.69, 9.17) is 23.9 Å². The van der Waals surface area contributed by atoms with Gasteiger partial charge >= 0.3 is 0 Å². The fourth-order valence-corrected chi connectivity index (χ4v) is 4.86. The molecule has 8 heteroatoms. The topological polar surface area (TPSA) is 68.8 Å². The number of ether oxygens (including phenoxy) is 4. The van der Waals surface area contributed by atoms with Crippen LogP contribution in [0.4, 0.5) is 4.39 Å². The van der Waals surface area contributed by atoms with Crippen molar-refractivity contribution in [1.29, 1.82) is 0 Å². The average Bonchev–Trinajstić information content (AvgIpc) is 3.67. The second-order valence-electron chi connectivity index (χ2n) is 9.64. The number of benzene rings is 3. The van der Waals surface area contributed by atoms with Crippen LogP contribution >= 0.6 is 0 Å². The minimum Gasteiger partial charge on any atom is -0.454 e. The molecule has 2 aliphatic heterocycles. The molecule has 0 spiro atoms. The lowest BCUT2D eigenvalue weighted by atomic mass is 10.1. The number of nitrogens with zero attached hydrogens (tertiary/aromatic N) is 2. The van der Waals surface area contributed by atoms with Crippen molar-refractivity contribution in [3.8, 4) is 34.4 Å². The van der Waals surface area contributed by atoms with E-state index in [-0.39, 0.29) is 19.4 Å². The number of nitrogens with one attached hydrogen (secondary N) is 1. The van der Waals surface area contributed by atoms with Gasteiger partial charge in [-0.15, -0.1) is 0 Å². The van der Waals surface area contributed by atoms with Crippen LogP contribution in [0.25, 0.3) is 11.4 Å². The number of unbranched alkanes of at least 4 members (excludes halogenated alkanes) is 1. The van der Waals surface area contributed by atoms with Crippen LogP contribution in [0.5, 0.6) is 23.0 Å². The molecule has 0 atom stereocenters. The van der Waals surface area contributed by atoms with E-state index in [2.05, 4.69) is 28.9 Å². The molecular formula is C30H30FN3O4. The predicted molar refractivity (Wildman–Crippen MR) is 141 cm³/mol. The molecule has 4 aromatic rings. The molecule has 7 nitrogen and oxygen atoms in total. The Balaban J connectivity index is 1.30. The Bertz CT molecular complexity index is 1360. The van der Waals surface area contributed by atoms with Gasteiger partial charge in [-0.25, -0.2) is 9.37 Å². The standard InChI is InChI=1S/C30H30FN3O4/c1-2-3-4-24-25(33-30(32-24)22-7-9-23(31)10-8-22)17-34(15-20-5-11-26-28(13-20)37-18-35-26)16-21-6-12-27-29(14-21)38-19-36-27/h5-14H,2-4,15-19H2,1H3,(H,32,33). The molecule has 6 rings (SSSR count). The Morgan fingerprint density at radius 2 is 1.39 bits per heavy atom. The lowest BCUT2D eigenvalue weighted by molar-refractivity contribution is 0.173. The number of hydrogen-bond acceptors (Lipinski definition) is 6. The quantitative estimate of drug-likeness (QED) is 0.271. The van der Waals surface area contributed by atoms with Crippen molar-refractivity contribution in [1.82, 2.24) is 14.9 Å². The molecule has 0 amide bonds. The number of hydrogen-bond donors (Lipinski definition) is 1. The Morgan fingerprint density at radius 1 is 0.789 bits per heavy atom. The van der Waals surface area contributed by atoms with Gasteiger partial charge in [0.05, 0.1) is 11.4 Å². The number of fused-ring (bicyclic) bond motifs is 2. The summed E-state index contributed by atoms with van der Waals surface area (Å²) < 4.78 is 35.8. The van der Waals surface area contributed by atoms with Crippen molar-refractivity contribution in [2.24, 2.45) is 0 Å². The monoisotopic (exact) mass is 515 g/mol. The molecule has 1 N–H and O–H groups in total. The lowest BCUT2D eigenvalue weighted by Crippen LogP contribution is -2.23. The van der Waals surface area contributed by atoms with Gasteiger partial charge in [0.15, 0.2) is 23.0 Å². The van der Waals surface area contributed by atoms with E-state index in [9.17, 15) is 4.39 Å². The summed E-state index contributed by atoms with van der Waals surface area (Å²) in [6.45, 7) is 4.74. The fourth-order valence-electron chi connectivity index (χ4n) is 4.86. The van der Waals surface area contributed by atoms with Crippen LogP contribution in [0, 0.1) is 5.82 Å². The molecule has 0 aliphatic carbocycles. The summed E-state index contributed by atoms with van der Waals surface area (Å²) in [5, 5.41) is 0. The van der Waals surface area contributed by atoms with Crippen molar-refractivity contribution in [2.75, 3.05) is 13.6 Å². The number of rotatable bonds is 10. The zero-order valence-corrected chi connectivity index (χ0v) is 21.3. The molecule has 3 heterocycles. The van der Waals surface area contributed by atoms with Gasteiger partial charge in [0.2, 0.25) is 13.6 Å². The summed E-state index contributed by atoms with van der Waals surface area (Å²) in [4.78, 5) is 10.8. The summed E-state index contributed by atoms with van der Waals surface area (Å²) in [6, 6.07) is 18.6. The summed E-state index contributed by atoms with van der Waals surface area (Å²) in [6.07, 6.45) is 3.01. The van der Waals surface area contributed by atoms with Crippen molar-refractivity contribution < 1.29 is 23.3 Å². The molecule has 0 fully saturated rings. The highest BCUT2D eigenvalue weighted by Gasteiger charge is 2.20. The third-order valence-electron chi connectivity index (χ3n) is 6.82. The normalized spacial score (nSPS) is 13.4. The van der Waals surface area contributed by atoms with Gasteiger partial charge in [-0.2, -0.15) is 0 Å². The molecule has 1 aromatic heterocycles. The largest absolute Gasteiger partial charge is 0.454 e. The van der Waals surface area contributed by atoms with E-state index in [1.165, 1.54) is 12.1 Å². The first-order valence-electron chi connectivity index (χ1n) is 13.0. The minimum atomic E-state index is -0.259. The molecule has 0 unspecified atom stereocenters. The van der Waals surface area contributed by atoms with Crippen LogP contribution in [0.1, 0.15) is 42.3 Å². The third-order valence-corrected chi connectivity index (χ3v) is 6.82. The average molecular weight is 516 g/mol. The van der Waals surface area contributed by atoms with E-state index in [1.807, 2.05) is 24.3 Å². The van der Waals surface area contributed by atoms with Gasteiger partial charge in [-0.3, -0.25) is 4.90 Å². The zero-order chi connectivity index (χ0) is 25.9. The Hall–Kier alpha value is -4.04. The highest BCUT2D eigenvalue weighted by Crippen LogP contribution is 2.35. The second-order valence-corrected chi connectivity index (χ2v) is 9.64. The zero-order valence-electron chi connectivity index (χ0n) is 21.3. The van der Waals surface area contributed by atoms with Gasteiger partial charge in [-0.1, -0.05) is 25.5 Å². The number of aryl methyl sites for hydroxylation is 1. The summed E-state index contributed by atoms with van der Waals surface area (Å²) in [5.74, 6) is 3.59. The Labute approximate surface area is 221 Å². The van der Waals surface area contributed by atoms with E-state index in [1.54, 1.807) is 12.1 Å². The maximum absolute atomic E-state index is 13.5. The second kappa shape index (κ2) is 10.8. The number of H-pyrrole nitrogens is 1. The summed E-state index contributed by atoms with van der Waals surface area (Å²) >= 11 is 0. The first-order chi connectivity index (χ1) is 18.6. The molecule has 0 radical (unpaired) electrons. The molecule has 2 aliphatic rings. The van der Waals surface area contributed by atoms with E-state index >= 15 is 0 Å².